The molecule has 4 heterocycles. The van der Waals surface area contributed by atoms with Gasteiger partial charge in [0, 0.05) is 61.6 Å². The third-order valence-corrected chi connectivity index (χ3v) is 17.4. The van der Waals surface area contributed by atoms with Gasteiger partial charge in [-0.15, -0.1) is 12.4 Å². The van der Waals surface area contributed by atoms with Crippen molar-refractivity contribution >= 4 is 122 Å². The van der Waals surface area contributed by atoms with E-state index >= 15 is 0 Å². The zero-order valence-electron chi connectivity index (χ0n) is 35.0. The zero-order chi connectivity index (χ0) is 47.5. The van der Waals surface area contributed by atoms with Crippen LogP contribution >= 0.6 is 91.5 Å². The van der Waals surface area contributed by atoms with Crippen molar-refractivity contribution in [1.82, 2.24) is 30.2 Å². The monoisotopic (exact) mass is 1260 g/mol. The molecule has 0 unspecified atom stereocenters. The smallest absolute Gasteiger partial charge is 0.261 e. The van der Waals surface area contributed by atoms with Crippen molar-refractivity contribution in [3.8, 4) is 0 Å². The number of pyridine rings is 2. The summed E-state index contributed by atoms with van der Waals surface area (Å²) in [6, 6.07) is 9.03. The van der Waals surface area contributed by atoms with Crippen molar-refractivity contribution in [2.24, 2.45) is 0 Å². The number of alkyl halides is 2. The topological polar surface area (TPSA) is 168 Å². The molecule has 2 saturated carbocycles. The van der Waals surface area contributed by atoms with Crippen LogP contribution in [0.2, 0.25) is 10.3 Å². The summed E-state index contributed by atoms with van der Waals surface area (Å²) in [4.78, 5) is 33.6. The molecule has 2 saturated heterocycles. The fourth-order valence-corrected chi connectivity index (χ4v) is 12.1. The van der Waals surface area contributed by atoms with E-state index in [0.29, 0.717) is 28.7 Å². The van der Waals surface area contributed by atoms with Crippen LogP contribution in [0.25, 0.3) is 0 Å². The van der Waals surface area contributed by atoms with Crippen LogP contribution in [0, 0.1) is 18.8 Å². The second kappa shape index (κ2) is 23.2. The van der Waals surface area contributed by atoms with Gasteiger partial charge in [0.2, 0.25) is 21.8 Å². The van der Waals surface area contributed by atoms with Crippen molar-refractivity contribution in [1.29, 1.82) is 0 Å². The van der Waals surface area contributed by atoms with E-state index in [1.54, 1.807) is 19.1 Å². The van der Waals surface area contributed by atoms with Gasteiger partial charge in [-0.2, -0.15) is 4.31 Å². The molecular formula is C42H44Cl4F4I2N6O6S2. The average Bonchev–Trinajstić information content (AvgIpc) is 4.19. The Bertz CT molecular complexity index is 2620. The zero-order valence-corrected chi connectivity index (χ0v) is 44.0. The van der Waals surface area contributed by atoms with Crippen molar-refractivity contribution in [2.75, 3.05) is 0 Å². The number of rotatable bonds is 11. The van der Waals surface area contributed by atoms with Gasteiger partial charge in [0.25, 0.3) is 9.05 Å². The first-order valence-corrected chi connectivity index (χ1v) is 27.0. The van der Waals surface area contributed by atoms with E-state index in [1.807, 2.05) is 0 Å². The molecule has 0 spiro atoms. The Kier molecular flexibility index (Phi) is 19.2. The molecule has 2 aliphatic carbocycles. The predicted molar refractivity (Wildman–Crippen MR) is 262 cm³/mol. The SMILES string of the molecule is C[C@@H]1N[C@H](C(=O)NCc2cc(Cl)nc(C3CC3)c2I)C[C@H]1F.C[C@H]1[C@H](F)C[C@@H](C(=O)NCc2cc(Cl)nc(C3CC3)c2I)N1S(=O)(=O)c1ccc(F)cc1.Cl.O=S(=O)(Cl)c1ccc(F)cc1. The normalized spacial score (nSPS) is 22.8. The number of hydrogen-bond donors (Lipinski definition) is 3. The van der Waals surface area contributed by atoms with E-state index in [0.717, 1.165) is 108 Å². The number of carbonyl (C=O) groups is 2. The molecule has 2 aliphatic heterocycles. The second-order valence-electron chi connectivity index (χ2n) is 16.0. The lowest BCUT2D eigenvalue weighted by atomic mass is 10.1. The van der Waals surface area contributed by atoms with Gasteiger partial charge in [0.1, 0.15) is 40.3 Å². The lowest BCUT2D eigenvalue weighted by molar-refractivity contribution is -0.124. The molecule has 2 aromatic carbocycles. The quantitative estimate of drug-likeness (QED) is 0.0574. The Morgan fingerprint density at radius 3 is 1.59 bits per heavy atom. The number of nitrogens with zero attached hydrogens (tertiary/aromatic N) is 3. The number of aromatic nitrogens is 2. The summed E-state index contributed by atoms with van der Waals surface area (Å²) < 4.78 is 104. The summed E-state index contributed by atoms with van der Waals surface area (Å²) in [5, 5.41) is 9.38. The summed E-state index contributed by atoms with van der Waals surface area (Å²) in [5.41, 5.74) is 3.69. The van der Waals surface area contributed by atoms with Gasteiger partial charge >= 0.3 is 0 Å². The number of halogens is 10. The lowest BCUT2D eigenvalue weighted by Gasteiger charge is -2.27. The molecule has 12 nitrogen and oxygen atoms in total. The molecular weight excluding hydrogens is 1220 g/mol. The second-order valence-corrected chi connectivity index (χ2v) is 23.4. The Balaban J connectivity index is 0.000000207. The van der Waals surface area contributed by atoms with Crippen LogP contribution < -0.4 is 16.0 Å². The number of nitrogens with one attached hydrogen (secondary N) is 3. The highest BCUT2D eigenvalue weighted by Gasteiger charge is 2.49. The molecule has 3 N–H and O–H groups in total. The van der Waals surface area contributed by atoms with E-state index in [1.165, 1.54) is 6.92 Å². The maximum absolute atomic E-state index is 14.5. The van der Waals surface area contributed by atoms with Crippen molar-refractivity contribution < 1.29 is 44.0 Å². The molecule has 24 heteroatoms. The number of amides is 2. The van der Waals surface area contributed by atoms with E-state index in [-0.39, 0.29) is 53.5 Å². The molecule has 4 aromatic rings. The summed E-state index contributed by atoms with van der Waals surface area (Å²) in [5.74, 6) is -0.969. The summed E-state index contributed by atoms with van der Waals surface area (Å²) in [6.07, 6.45) is 1.90. The average molecular weight is 1260 g/mol. The Hall–Kier alpha value is -2.16. The number of benzene rings is 2. The predicted octanol–water partition coefficient (Wildman–Crippen LogP) is 9.26. The van der Waals surface area contributed by atoms with E-state index in [2.05, 4.69) is 71.1 Å². The Morgan fingerprint density at radius 1 is 0.742 bits per heavy atom. The number of sulfonamides is 1. The van der Waals surface area contributed by atoms with Crippen LogP contribution in [-0.4, -0.2) is 79.4 Å². The van der Waals surface area contributed by atoms with Gasteiger partial charge < -0.3 is 16.0 Å². The minimum Gasteiger partial charge on any atom is -0.351 e. The molecule has 2 amide bonds. The van der Waals surface area contributed by atoms with E-state index in [9.17, 15) is 44.0 Å². The van der Waals surface area contributed by atoms with Gasteiger partial charge in [-0.3, -0.25) is 9.59 Å². The number of hydrogen-bond acceptors (Lipinski definition) is 9. The highest BCUT2D eigenvalue weighted by molar-refractivity contribution is 14.1. The number of carbonyl (C=O) groups excluding carboxylic acids is 2. The third kappa shape index (κ3) is 14.0. The Morgan fingerprint density at radius 2 is 1.18 bits per heavy atom. The van der Waals surface area contributed by atoms with Crippen molar-refractivity contribution in [3.63, 3.8) is 0 Å². The highest BCUT2D eigenvalue weighted by atomic mass is 127. The van der Waals surface area contributed by atoms with Crippen LogP contribution in [0.4, 0.5) is 17.6 Å². The van der Waals surface area contributed by atoms with Crippen LogP contribution in [0.3, 0.4) is 0 Å². The fraction of sp³-hybridized carbons (Fsp3) is 0.429. The van der Waals surface area contributed by atoms with Gasteiger partial charge in [-0.05, 0) is 157 Å². The molecule has 0 bridgehead atoms. The first-order valence-electron chi connectivity index (χ1n) is 20.3. The minimum atomic E-state index is -4.21. The van der Waals surface area contributed by atoms with E-state index < -0.39 is 67.1 Å². The van der Waals surface area contributed by atoms with Crippen LogP contribution in [0.5, 0.6) is 0 Å². The van der Waals surface area contributed by atoms with Crippen LogP contribution in [0.15, 0.2) is 70.5 Å². The van der Waals surface area contributed by atoms with Crippen molar-refractivity contribution in [2.45, 2.75) is 124 Å². The van der Waals surface area contributed by atoms with Gasteiger partial charge in [0.05, 0.1) is 33.3 Å². The molecule has 4 fully saturated rings. The summed E-state index contributed by atoms with van der Waals surface area (Å²) in [7, 11) is -2.96. The molecule has 360 valence electrons. The lowest BCUT2D eigenvalue weighted by Crippen LogP contribution is -2.48. The minimum absolute atomic E-state index is 0. The maximum atomic E-state index is 14.5. The van der Waals surface area contributed by atoms with Gasteiger partial charge in [-0.25, -0.2) is 44.4 Å². The molecule has 66 heavy (non-hydrogen) atoms. The molecule has 0 radical (unpaired) electrons. The summed E-state index contributed by atoms with van der Waals surface area (Å²) in [6.45, 7) is 3.69. The molecule has 6 atom stereocenters. The first kappa shape index (κ1) is 54.8. The van der Waals surface area contributed by atoms with Gasteiger partial charge in [-0.1, -0.05) is 23.2 Å². The molecule has 4 aliphatic rings. The molecule has 2 aromatic heterocycles. The van der Waals surface area contributed by atoms with Crippen LogP contribution in [-0.2, 0) is 41.8 Å². The largest absolute Gasteiger partial charge is 0.351 e. The standard InChI is InChI=1S/C21H21ClF2IN3O3S.C15H18ClFIN3O.C6H4ClFO2S.ClH/c1-11-16(24)9-17(28(11)32(30,31)15-6-4-14(23)5-7-15)21(29)26-10-13-8-18(22)27-20(19(13)25)12-2-3-12;1-7-10(17)5-11(20-7)15(22)19-6-9-4-12(16)21-14(13(9)18)8-2-3-8;7-11(9,10)6-3-1-5(8)2-4-6;/h4-8,11-12,16-17H,2-3,9-10H2,1H3,(H,26,29);4,7-8,10-11,20H,2-3,5-6H2,1H3,(H,19,22);1-4H;1H/t11-,16+,17-;7-,10+,11-;;/m00../s1. The van der Waals surface area contributed by atoms with Crippen molar-refractivity contribution in [3.05, 3.63) is 112 Å². The highest BCUT2D eigenvalue weighted by Crippen LogP contribution is 2.43. The maximum Gasteiger partial charge on any atom is 0.261 e. The fourth-order valence-electron chi connectivity index (χ4n) is 7.25. The van der Waals surface area contributed by atoms with Gasteiger partial charge in [0.15, 0.2) is 0 Å². The summed E-state index contributed by atoms with van der Waals surface area (Å²) >= 11 is 16.7. The third-order valence-electron chi connectivity index (χ3n) is 11.1. The first-order chi connectivity index (χ1) is 30.5. The van der Waals surface area contributed by atoms with Crippen LogP contribution in [0.1, 0.15) is 86.7 Å². The molecule has 8 rings (SSSR count). The Labute approximate surface area is 428 Å². The van der Waals surface area contributed by atoms with E-state index in [4.69, 9.17) is 33.9 Å².